The molecular formula is C13H16FN3O. The number of para-hydroxylation sites is 1. The van der Waals surface area contributed by atoms with Crippen molar-refractivity contribution < 1.29 is 9.13 Å². The number of hydrogen-bond acceptors (Lipinski definition) is 3. The van der Waals surface area contributed by atoms with Gasteiger partial charge in [0.15, 0.2) is 11.6 Å². The first-order valence-corrected chi connectivity index (χ1v) is 5.78. The van der Waals surface area contributed by atoms with Gasteiger partial charge in [0.1, 0.15) is 0 Å². The lowest BCUT2D eigenvalue weighted by molar-refractivity contribution is 0.400. The zero-order chi connectivity index (χ0) is 13.1. The Kier molecular flexibility index (Phi) is 3.62. The van der Waals surface area contributed by atoms with E-state index in [0.29, 0.717) is 18.8 Å². The molecule has 1 heterocycles. The minimum Gasteiger partial charge on any atom is -0.436 e. The van der Waals surface area contributed by atoms with E-state index in [1.807, 2.05) is 6.92 Å². The normalized spacial score (nSPS) is 10.7. The number of halogens is 1. The summed E-state index contributed by atoms with van der Waals surface area (Å²) in [7, 11) is 1.77. The van der Waals surface area contributed by atoms with Crippen LogP contribution >= 0.6 is 0 Å². The SMILES string of the molecule is Cc1nn(C)c(Oc2ccccc2F)c1CCN. The van der Waals surface area contributed by atoms with Gasteiger partial charge < -0.3 is 10.5 Å². The second kappa shape index (κ2) is 5.18. The molecule has 0 aliphatic heterocycles. The number of hydrogen-bond donors (Lipinski definition) is 1. The van der Waals surface area contributed by atoms with Crippen LogP contribution in [0.1, 0.15) is 11.3 Å². The molecule has 0 bridgehead atoms. The standard InChI is InChI=1S/C13H16FN3O/c1-9-10(7-8-15)13(17(2)16-9)18-12-6-4-3-5-11(12)14/h3-6H,7-8,15H2,1-2H3. The van der Waals surface area contributed by atoms with Gasteiger partial charge >= 0.3 is 0 Å². The van der Waals surface area contributed by atoms with E-state index >= 15 is 0 Å². The van der Waals surface area contributed by atoms with Crippen LogP contribution in [0.5, 0.6) is 11.6 Å². The van der Waals surface area contributed by atoms with E-state index in [4.69, 9.17) is 10.5 Å². The molecule has 0 aliphatic rings. The number of ether oxygens (including phenoxy) is 1. The van der Waals surface area contributed by atoms with Crippen LogP contribution in [-0.2, 0) is 13.5 Å². The smallest absolute Gasteiger partial charge is 0.221 e. The average molecular weight is 249 g/mol. The van der Waals surface area contributed by atoms with Gasteiger partial charge in [-0.2, -0.15) is 5.10 Å². The molecule has 18 heavy (non-hydrogen) atoms. The molecule has 0 radical (unpaired) electrons. The molecule has 0 spiro atoms. The summed E-state index contributed by atoms with van der Waals surface area (Å²) in [6.45, 7) is 2.39. The van der Waals surface area contributed by atoms with Gasteiger partial charge in [0.25, 0.3) is 0 Å². The first-order chi connectivity index (χ1) is 8.63. The topological polar surface area (TPSA) is 53.1 Å². The lowest BCUT2D eigenvalue weighted by atomic mass is 10.2. The van der Waals surface area contributed by atoms with Crippen molar-refractivity contribution in [2.75, 3.05) is 6.54 Å². The van der Waals surface area contributed by atoms with E-state index < -0.39 is 5.82 Å². The fourth-order valence-corrected chi connectivity index (χ4v) is 1.87. The quantitative estimate of drug-likeness (QED) is 0.903. The van der Waals surface area contributed by atoms with Crippen LogP contribution in [0.4, 0.5) is 4.39 Å². The Morgan fingerprint density at radius 3 is 2.78 bits per heavy atom. The highest BCUT2D eigenvalue weighted by Gasteiger charge is 2.16. The minimum atomic E-state index is -0.393. The van der Waals surface area contributed by atoms with Crippen molar-refractivity contribution in [3.8, 4) is 11.6 Å². The fourth-order valence-electron chi connectivity index (χ4n) is 1.87. The Balaban J connectivity index is 2.37. The van der Waals surface area contributed by atoms with Gasteiger partial charge in [-0.25, -0.2) is 9.07 Å². The van der Waals surface area contributed by atoms with Crippen molar-refractivity contribution in [3.05, 3.63) is 41.3 Å². The number of rotatable bonds is 4. The monoisotopic (exact) mass is 249 g/mol. The lowest BCUT2D eigenvalue weighted by Crippen LogP contribution is -2.05. The molecule has 2 N–H and O–H groups in total. The van der Waals surface area contributed by atoms with E-state index in [2.05, 4.69) is 5.10 Å². The number of nitrogens with zero attached hydrogens (tertiary/aromatic N) is 2. The van der Waals surface area contributed by atoms with Crippen LogP contribution in [0.15, 0.2) is 24.3 Å². The van der Waals surface area contributed by atoms with Crippen molar-refractivity contribution in [2.45, 2.75) is 13.3 Å². The van der Waals surface area contributed by atoms with Crippen molar-refractivity contribution in [1.82, 2.24) is 9.78 Å². The fraction of sp³-hybridized carbons (Fsp3) is 0.308. The van der Waals surface area contributed by atoms with Gasteiger partial charge in [-0.3, -0.25) is 0 Å². The zero-order valence-corrected chi connectivity index (χ0v) is 10.5. The molecule has 5 heteroatoms. The van der Waals surface area contributed by atoms with Gasteiger partial charge in [-0.05, 0) is 32.0 Å². The maximum Gasteiger partial charge on any atom is 0.221 e. The lowest BCUT2D eigenvalue weighted by Gasteiger charge is -2.08. The molecule has 0 unspecified atom stereocenters. The van der Waals surface area contributed by atoms with Gasteiger partial charge in [-0.1, -0.05) is 12.1 Å². The van der Waals surface area contributed by atoms with Gasteiger partial charge in [0.2, 0.25) is 5.88 Å². The van der Waals surface area contributed by atoms with E-state index in [1.165, 1.54) is 6.07 Å². The summed E-state index contributed by atoms with van der Waals surface area (Å²) in [6, 6.07) is 6.30. The Hall–Kier alpha value is -1.88. The van der Waals surface area contributed by atoms with E-state index in [9.17, 15) is 4.39 Å². The molecule has 0 saturated carbocycles. The Morgan fingerprint density at radius 2 is 2.11 bits per heavy atom. The van der Waals surface area contributed by atoms with E-state index in [-0.39, 0.29) is 5.75 Å². The predicted octanol–water partition coefficient (Wildman–Crippen LogP) is 2.16. The number of aromatic nitrogens is 2. The highest BCUT2D eigenvalue weighted by atomic mass is 19.1. The maximum absolute atomic E-state index is 13.6. The molecule has 0 amide bonds. The molecule has 4 nitrogen and oxygen atoms in total. The molecular weight excluding hydrogens is 233 g/mol. The van der Waals surface area contributed by atoms with Gasteiger partial charge in [0.05, 0.1) is 5.69 Å². The molecule has 1 aromatic heterocycles. The van der Waals surface area contributed by atoms with Crippen LogP contribution in [-0.4, -0.2) is 16.3 Å². The van der Waals surface area contributed by atoms with Crippen LogP contribution in [0, 0.1) is 12.7 Å². The molecule has 1 aromatic carbocycles. The van der Waals surface area contributed by atoms with Crippen molar-refractivity contribution >= 4 is 0 Å². The average Bonchev–Trinajstić information content (AvgIpc) is 2.59. The zero-order valence-electron chi connectivity index (χ0n) is 10.5. The van der Waals surface area contributed by atoms with Crippen LogP contribution in [0.25, 0.3) is 0 Å². The van der Waals surface area contributed by atoms with Crippen molar-refractivity contribution in [2.24, 2.45) is 12.8 Å². The van der Waals surface area contributed by atoms with Crippen molar-refractivity contribution in [3.63, 3.8) is 0 Å². The summed E-state index contributed by atoms with van der Waals surface area (Å²) in [5, 5.41) is 4.27. The largest absolute Gasteiger partial charge is 0.436 e. The molecule has 96 valence electrons. The summed E-state index contributed by atoms with van der Waals surface area (Å²) in [5.74, 6) is 0.344. The second-order valence-corrected chi connectivity index (χ2v) is 4.06. The number of aryl methyl sites for hydroxylation is 2. The number of nitrogens with two attached hydrogens (primary N) is 1. The molecule has 0 fully saturated rings. The molecule has 0 saturated heterocycles. The summed E-state index contributed by atoms with van der Waals surface area (Å²) in [4.78, 5) is 0. The Morgan fingerprint density at radius 1 is 1.39 bits per heavy atom. The summed E-state index contributed by atoms with van der Waals surface area (Å²) >= 11 is 0. The van der Waals surface area contributed by atoms with Crippen LogP contribution in [0.3, 0.4) is 0 Å². The maximum atomic E-state index is 13.6. The van der Waals surface area contributed by atoms with Crippen LogP contribution < -0.4 is 10.5 Å². The Labute approximate surface area is 105 Å². The van der Waals surface area contributed by atoms with Crippen LogP contribution in [0.2, 0.25) is 0 Å². The van der Waals surface area contributed by atoms with Gasteiger partial charge in [0, 0.05) is 12.6 Å². The highest BCUT2D eigenvalue weighted by Crippen LogP contribution is 2.28. The summed E-state index contributed by atoms with van der Waals surface area (Å²) in [5.41, 5.74) is 7.34. The third-order valence-corrected chi connectivity index (χ3v) is 2.73. The third kappa shape index (κ3) is 2.36. The minimum absolute atomic E-state index is 0.193. The second-order valence-electron chi connectivity index (χ2n) is 4.06. The first-order valence-electron chi connectivity index (χ1n) is 5.78. The number of benzene rings is 1. The summed E-state index contributed by atoms with van der Waals surface area (Å²) in [6.07, 6.45) is 0.656. The van der Waals surface area contributed by atoms with E-state index in [1.54, 1.807) is 29.9 Å². The predicted molar refractivity (Wildman–Crippen MR) is 67.2 cm³/mol. The van der Waals surface area contributed by atoms with E-state index in [0.717, 1.165) is 11.3 Å². The summed E-state index contributed by atoms with van der Waals surface area (Å²) < 4.78 is 20.8. The van der Waals surface area contributed by atoms with Gasteiger partial charge in [-0.15, -0.1) is 0 Å². The third-order valence-electron chi connectivity index (χ3n) is 2.73. The van der Waals surface area contributed by atoms with Crippen molar-refractivity contribution in [1.29, 1.82) is 0 Å². The molecule has 2 rings (SSSR count). The first kappa shape index (κ1) is 12.6. The Bertz CT molecular complexity index is 551. The molecule has 0 aliphatic carbocycles. The highest BCUT2D eigenvalue weighted by molar-refractivity contribution is 5.36. The molecule has 0 atom stereocenters. The molecule has 2 aromatic rings.